The number of hydrogen-bond acceptors (Lipinski definition) is 1. The molecule has 92 valence electrons. The van der Waals surface area contributed by atoms with Crippen molar-refractivity contribution in [2.24, 2.45) is 22.2 Å². The van der Waals surface area contributed by atoms with E-state index in [1.165, 1.54) is 32.1 Å². The molecule has 3 fully saturated rings. The lowest BCUT2D eigenvalue weighted by Crippen LogP contribution is -2.52. The Morgan fingerprint density at radius 3 is 2.31 bits per heavy atom. The minimum atomic E-state index is -0.381. The van der Waals surface area contributed by atoms with Gasteiger partial charge in [0, 0.05) is 0 Å². The van der Waals surface area contributed by atoms with Gasteiger partial charge in [0.15, 0.2) is 0 Å². The fourth-order valence-electron chi connectivity index (χ4n) is 5.66. The number of aliphatic hydroxyl groups is 1. The van der Waals surface area contributed by atoms with Crippen LogP contribution in [0.5, 0.6) is 0 Å². The van der Waals surface area contributed by atoms with Gasteiger partial charge in [-0.05, 0) is 61.2 Å². The summed E-state index contributed by atoms with van der Waals surface area (Å²) in [5, 5.41) is 10.6. The van der Waals surface area contributed by atoms with E-state index >= 15 is 0 Å². The quantitative estimate of drug-likeness (QED) is 0.662. The lowest BCUT2D eigenvalue weighted by Gasteiger charge is -2.57. The average Bonchev–Trinajstić information content (AvgIpc) is 2.89. The molecule has 0 aliphatic heterocycles. The molecule has 4 atom stereocenters. The molecule has 1 nitrogen and oxygen atoms in total. The zero-order valence-electron chi connectivity index (χ0n) is 11.3. The first kappa shape index (κ1) is 11.1. The van der Waals surface area contributed by atoms with E-state index in [4.69, 9.17) is 0 Å². The summed E-state index contributed by atoms with van der Waals surface area (Å²) >= 11 is 0. The monoisotopic (exact) mass is 222 g/mol. The molecule has 1 N–H and O–H groups in total. The Kier molecular flexibility index (Phi) is 1.86. The van der Waals surface area contributed by atoms with E-state index in [9.17, 15) is 5.11 Å². The van der Waals surface area contributed by atoms with Crippen LogP contribution >= 0.6 is 0 Å². The third-order valence-corrected chi connectivity index (χ3v) is 6.71. The van der Waals surface area contributed by atoms with Gasteiger partial charge in [-0.15, -0.1) is 0 Å². The molecule has 0 aromatic heterocycles. The van der Waals surface area contributed by atoms with Gasteiger partial charge >= 0.3 is 0 Å². The van der Waals surface area contributed by atoms with E-state index in [0.29, 0.717) is 22.2 Å². The lowest BCUT2D eigenvalue weighted by atomic mass is 9.48. The second-order valence-corrected chi connectivity index (χ2v) is 7.88. The topological polar surface area (TPSA) is 20.2 Å². The van der Waals surface area contributed by atoms with Crippen molar-refractivity contribution in [1.82, 2.24) is 0 Å². The third-order valence-electron chi connectivity index (χ3n) is 6.71. The molecular formula is C15H26O. The Labute approximate surface area is 99.6 Å². The molecule has 3 aliphatic carbocycles. The van der Waals surface area contributed by atoms with Gasteiger partial charge in [0.05, 0.1) is 5.60 Å². The van der Waals surface area contributed by atoms with Crippen molar-refractivity contribution >= 4 is 0 Å². The Morgan fingerprint density at radius 2 is 1.62 bits per heavy atom. The van der Waals surface area contributed by atoms with Gasteiger partial charge in [-0.25, -0.2) is 0 Å². The maximum Gasteiger partial charge on any atom is 0.0653 e. The standard InChI is InChI=1S/C15H26O/c1-12(2)6-5-7-13(3)8-9-14(4,16)11-10-15(11,12)13/h11,16H,5-10H2,1-4H3. The van der Waals surface area contributed by atoms with Crippen LogP contribution in [-0.4, -0.2) is 10.7 Å². The van der Waals surface area contributed by atoms with Crippen molar-refractivity contribution in [3.63, 3.8) is 0 Å². The van der Waals surface area contributed by atoms with Crippen LogP contribution in [0.2, 0.25) is 0 Å². The molecule has 0 radical (unpaired) electrons. The van der Waals surface area contributed by atoms with Crippen LogP contribution < -0.4 is 0 Å². The molecule has 0 aromatic carbocycles. The zero-order valence-corrected chi connectivity index (χ0v) is 11.3. The Morgan fingerprint density at radius 1 is 0.938 bits per heavy atom. The SMILES string of the molecule is CC1(O)CCC2(C)CCCC(C)(C)C23CC13. The second-order valence-electron chi connectivity index (χ2n) is 7.88. The molecule has 0 heterocycles. The van der Waals surface area contributed by atoms with Crippen molar-refractivity contribution in [1.29, 1.82) is 0 Å². The molecule has 1 spiro atoms. The average molecular weight is 222 g/mol. The summed E-state index contributed by atoms with van der Waals surface area (Å²) in [5.41, 5.74) is 1.03. The zero-order chi connectivity index (χ0) is 11.8. The fourth-order valence-corrected chi connectivity index (χ4v) is 5.66. The predicted molar refractivity (Wildman–Crippen MR) is 66.1 cm³/mol. The van der Waals surface area contributed by atoms with E-state index in [1.54, 1.807) is 0 Å². The molecule has 4 unspecified atom stereocenters. The highest BCUT2D eigenvalue weighted by atomic mass is 16.3. The molecule has 3 aliphatic rings. The van der Waals surface area contributed by atoms with Crippen LogP contribution in [0.15, 0.2) is 0 Å². The molecule has 16 heavy (non-hydrogen) atoms. The van der Waals surface area contributed by atoms with Crippen LogP contribution in [0.25, 0.3) is 0 Å². The Hall–Kier alpha value is -0.0400. The summed E-state index contributed by atoms with van der Waals surface area (Å²) in [6.45, 7) is 9.48. The summed E-state index contributed by atoms with van der Waals surface area (Å²) in [5.74, 6) is 0.578. The van der Waals surface area contributed by atoms with Crippen LogP contribution in [0, 0.1) is 22.2 Å². The Bertz CT molecular complexity index is 330. The van der Waals surface area contributed by atoms with Gasteiger partial charge in [0.1, 0.15) is 0 Å². The maximum atomic E-state index is 10.6. The smallest absolute Gasteiger partial charge is 0.0653 e. The van der Waals surface area contributed by atoms with E-state index in [-0.39, 0.29) is 5.60 Å². The highest BCUT2D eigenvalue weighted by molar-refractivity contribution is 5.25. The van der Waals surface area contributed by atoms with E-state index < -0.39 is 0 Å². The summed E-state index contributed by atoms with van der Waals surface area (Å²) in [6.07, 6.45) is 7.67. The van der Waals surface area contributed by atoms with Crippen molar-refractivity contribution in [2.45, 2.75) is 71.8 Å². The minimum Gasteiger partial charge on any atom is -0.390 e. The van der Waals surface area contributed by atoms with Gasteiger partial charge in [0.2, 0.25) is 0 Å². The highest BCUT2D eigenvalue weighted by Gasteiger charge is 2.77. The molecule has 3 rings (SSSR count). The van der Waals surface area contributed by atoms with Crippen molar-refractivity contribution in [3.8, 4) is 0 Å². The van der Waals surface area contributed by atoms with Crippen LogP contribution in [-0.2, 0) is 0 Å². The van der Waals surface area contributed by atoms with E-state index in [0.717, 1.165) is 6.42 Å². The minimum absolute atomic E-state index is 0.381. The van der Waals surface area contributed by atoms with Gasteiger partial charge in [-0.2, -0.15) is 0 Å². The molecular weight excluding hydrogens is 196 g/mol. The van der Waals surface area contributed by atoms with Gasteiger partial charge in [-0.3, -0.25) is 0 Å². The first-order chi connectivity index (χ1) is 7.25. The molecule has 3 saturated carbocycles. The molecule has 0 amide bonds. The predicted octanol–water partition coefficient (Wildman–Crippen LogP) is 3.75. The van der Waals surface area contributed by atoms with Crippen molar-refractivity contribution < 1.29 is 5.11 Å². The van der Waals surface area contributed by atoms with E-state index in [2.05, 4.69) is 27.7 Å². The fraction of sp³-hybridized carbons (Fsp3) is 1.00. The first-order valence-electron chi connectivity index (χ1n) is 6.98. The summed E-state index contributed by atoms with van der Waals surface area (Å²) in [4.78, 5) is 0. The maximum absolute atomic E-state index is 10.6. The first-order valence-corrected chi connectivity index (χ1v) is 6.98. The lowest BCUT2D eigenvalue weighted by molar-refractivity contribution is -0.122. The summed E-state index contributed by atoms with van der Waals surface area (Å²) < 4.78 is 0. The molecule has 0 saturated heterocycles. The van der Waals surface area contributed by atoms with Crippen LogP contribution in [0.4, 0.5) is 0 Å². The second kappa shape index (κ2) is 2.68. The van der Waals surface area contributed by atoms with E-state index in [1.807, 2.05) is 0 Å². The Balaban J connectivity index is 2.05. The van der Waals surface area contributed by atoms with Gasteiger partial charge in [-0.1, -0.05) is 27.2 Å². The molecule has 0 bridgehead atoms. The third kappa shape index (κ3) is 1.02. The normalized spacial score (nSPS) is 58.7. The van der Waals surface area contributed by atoms with Crippen molar-refractivity contribution in [2.75, 3.05) is 0 Å². The highest BCUT2D eigenvalue weighted by Crippen LogP contribution is 2.81. The number of rotatable bonds is 0. The summed E-state index contributed by atoms with van der Waals surface area (Å²) in [6, 6.07) is 0. The number of hydrogen-bond donors (Lipinski definition) is 1. The van der Waals surface area contributed by atoms with Crippen LogP contribution in [0.3, 0.4) is 0 Å². The van der Waals surface area contributed by atoms with Crippen molar-refractivity contribution in [3.05, 3.63) is 0 Å². The van der Waals surface area contributed by atoms with Gasteiger partial charge < -0.3 is 5.11 Å². The summed E-state index contributed by atoms with van der Waals surface area (Å²) in [7, 11) is 0. The van der Waals surface area contributed by atoms with Gasteiger partial charge in [0.25, 0.3) is 0 Å². The molecule has 1 heteroatoms. The largest absolute Gasteiger partial charge is 0.390 e. The molecule has 0 aromatic rings. The van der Waals surface area contributed by atoms with Crippen LogP contribution in [0.1, 0.15) is 66.2 Å².